The van der Waals surface area contributed by atoms with Crippen LogP contribution in [0, 0.1) is 13.8 Å². The Morgan fingerprint density at radius 1 is 0.750 bits per heavy atom. The van der Waals surface area contributed by atoms with Crippen molar-refractivity contribution in [1.82, 2.24) is 38.7 Å². The second-order valence-corrected chi connectivity index (χ2v) is 13.3. The number of rotatable bonds is 11. The van der Waals surface area contributed by atoms with Gasteiger partial charge in [0.05, 0.1) is 40.1 Å². The third kappa shape index (κ3) is 6.80. The Morgan fingerprint density at radius 3 is 1.68 bits per heavy atom. The van der Waals surface area contributed by atoms with Crippen LogP contribution in [0.25, 0.3) is 22.1 Å². The largest absolute Gasteiger partial charge is 0.508 e. The van der Waals surface area contributed by atoms with Gasteiger partial charge in [-0.1, -0.05) is 26.0 Å². The number of aromatic nitrogens is 8. The average molecular weight is 765 g/mol. The van der Waals surface area contributed by atoms with Crippen molar-refractivity contribution in [3.8, 4) is 17.2 Å². The van der Waals surface area contributed by atoms with Gasteiger partial charge in [0.15, 0.2) is 0 Å². The fourth-order valence-electron chi connectivity index (χ4n) is 7.25. The second-order valence-electron chi connectivity index (χ2n) is 13.3. The Labute approximate surface area is 321 Å². The number of carboxylic acids is 1. The van der Waals surface area contributed by atoms with Crippen molar-refractivity contribution in [3.63, 3.8) is 0 Å². The molecule has 2 amide bonds. The summed E-state index contributed by atoms with van der Waals surface area (Å²) in [5.41, 5.74) is 4.35. The summed E-state index contributed by atoms with van der Waals surface area (Å²) in [6, 6.07) is 8.89. The Hall–Kier alpha value is -6.65. The van der Waals surface area contributed by atoms with E-state index < -0.39 is 5.97 Å². The van der Waals surface area contributed by atoms with Crippen molar-refractivity contribution in [2.45, 2.75) is 79.6 Å². The minimum Gasteiger partial charge on any atom is -0.508 e. The van der Waals surface area contributed by atoms with E-state index in [1.165, 1.54) is 24.3 Å². The molecular formula is C39H44N10O7. The molecule has 292 valence electrons. The number of amides is 2. The fourth-order valence-corrected chi connectivity index (χ4v) is 7.25. The van der Waals surface area contributed by atoms with Crippen LogP contribution in [0.5, 0.6) is 17.2 Å². The van der Waals surface area contributed by atoms with E-state index >= 15 is 0 Å². The molecule has 0 radical (unpaired) electrons. The lowest BCUT2D eigenvalue weighted by Gasteiger charge is -2.27. The van der Waals surface area contributed by atoms with Crippen molar-refractivity contribution in [2.24, 2.45) is 0 Å². The highest BCUT2D eigenvalue weighted by Crippen LogP contribution is 2.41. The number of phenols is 1. The molecule has 0 bridgehead atoms. The topological polar surface area (TPSA) is 205 Å². The molecule has 2 aliphatic heterocycles. The predicted molar refractivity (Wildman–Crippen MR) is 208 cm³/mol. The smallest absolute Gasteiger partial charge is 0.335 e. The van der Waals surface area contributed by atoms with Gasteiger partial charge in [-0.2, -0.15) is 10.2 Å². The first-order valence-electron chi connectivity index (χ1n) is 18.7. The Bertz CT molecular complexity index is 2520. The van der Waals surface area contributed by atoms with Gasteiger partial charge in [-0.05, 0) is 64.8 Å². The van der Waals surface area contributed by atoms with Crippen LogP contribution in [0.3, 0.4) is 0 Å². The molecule has 2 atom stereocenters. The van der Waals surface area contributed by atoms with E-state index in [1.807, 2.05) is 62.8 Å². The number of aromatic carboxylic acids is 1. The van der Waals surface area contributed by atoms with E-state index in [9.17, 15) is 24.6 Å². The zero-order valence-corrected chi connectivity index (χ0v) is 32.0. The van der Waals surface area contributed by atoms with Gasteiger partial charge >= 0.3 is 5.97 Å². The third-order valence-electron chi connectivity index (χ3n) is 9.63. The Kier molecular flexibility index (Phi) is 10.2. The number of hydrogen-bond acceptors (Lipinski definition) is 10. The number of imidazole rings is 2. The number of aromatic hydroxyl groups is 1. The second kappa shape index (κ2) is 15.2. The molecule has 8 rings (SSSR count). The maximum Gasteiger partial charge on any atom is 0.335 e. The molecule has 0 spiro atoms. The third-order valence-corrected chi connectivity index (χ3v) is 9.63. The molecule has 2 unspecified atom stereocenters. The van der Waals surface area contributed by atoms with Crippen molar-refractivity contribution in [1.29, 1.82) is 0 Å². The summed E-state index contributed by atoms with van der Waals surface area (Å²) in [6.07, 6.45) is 5.03. The van der Waals surface area contributed by atoms with Gasteiger partial charge in [0.25, 0.3) is 11.8 Å². The standard InChI is InChI=1S/C37H38N10O7.C2H6/c1-5-44-27(11-19(3)42-44)33(49)40-36-38-25-13-21(35(51)52)14-29-31(25)46(36)22(17-53-29)9-7-8-10-23-18-54-30-16-24(48)15-26-32(30)47(23)37(39-26)41-34(50)28-12-20(4)43-45(28)6-2;1-2/h7-8,11-16,22-23,48H,5-6,9-10,17-18H2,1-4H3,(H,51,52)(H,38,40,49)(H,39,41,50);1-2H3/b8-7-;. The highest BCUT2D eigenvalue weighted by molar-refractivity contribution is 6.04. The number of benzene rings is 2. The molecule has 6 aromatic rings. The molecule has 0 aliphatic carbocycles. The lowest BCUT2D eigenvalue weighted by atomic mass is 10.1. The van der Waals surface area contributed by atoms with E-state index in [0.717, 1.165) is 5.69 Å². The average Bonchev–Trinajstić information content (AvgIpc) is 3.96. The summed E-state index contributed by atoms with van der Waals surface area (Å²) in [5.74, 6) is -0.431. The molecule has 4 N–H and O–H groups in total. The van der Waals surface area contributed by atoms with E-state index in [1.54, 1.807) is 21.5 Å². The summed E-state index contributed by atoms with van der Waals surface area (Å²) in [5, 5.41) is 34.8. The highest BCUT2D eigenvalue weighted by atomic mass is 16.5. The molecular weight excluding hydrogens is 720 g/mol. The van der Waals surface area contributed by atoms with Crippen LogP contribution in [0.15, 0.2) is 48.6 Å². The zero-order valence-electron chi connectivity index (χ0n) is 32.0. The van der Waals surface area contributed by atoms with Gasteiger partial charge in [-0.3, -0.25) is 38.7 Å². The number of phenolic OH excluding ortho intramolecular Hbond substituents is 1. The van der Waals surface area contributed by atoms with Crippen LogP contribution < -0.4 is 20.1 Å². The SMILES string of the molecule is CC.CCn1nc(C)cc1C(=O)Nc1nc2cc(O)cc3c2n1C(C/C=C\CC1COc2cc(C(=O)O)cc4nc(NC(=O)c5cc(C)nn5CC)n1c24)CO3. The van der Waals surface area contributed by atoms with Gasteiger partial charge in [-0.25, -0.2) is 14.8 Å². The highest BCUT2D eigenvalue weighted by Gasteiger charge is 2.31. The molecule has 56 heavy (non-hydrogen) atoms. The number of carbonyl (C=O) groups is 3. The molecule has 17 nitrogen and oxygen atoms in total. The molecule has 17 heteroatoms. The lowest BCUT2D eigenvalue weighted by molar-refractivity contribution is 0.0696. The normalized spacial score (nSPS) is 15.7. The first-order valence-corrected chi connectivity index (χ1v) is 18.7. The number of carbonyl (C=O) groups excluding carboxylic acids is 2. The van der Waals surface area contributed by atoms with E-state index in [4.69, 9.17) is 9.47 Å². The monoisotopic (exact) mass is 764 g/mol. The van der Waals surface area contributed by atoms with Crippen LogP contribution in [0.2, 0.25) is 0 Å². The molecule has 6 heterocycles. The molecule has 0 fully saturated rings. The quantitative estimate of drug-likeness (QED) is 0.108. The Morgan fingerprint density at radius 2 is 1.21 bits per heavy atom. The van der Waals surface area contributed by atoms with E-state index in [-0.39, 0.29) is 54.4 Å². The molecule has 0 saturated heterocycles. The zero-order chi connectivity index (χ0) is 39.8. The van der Waals surface area contributed by atoms with Crippen molar-refractivity contribution >= 4 is 51.7 Å². The molecule has 2 aliphatic rings. The number of nitrogens with one attached hydrogen (secondary N) is 2. The molecule has 0 saturated carbocycles. The number of nitrogens with zero attached hydrogens (tertiary/aromatic N) is 8. The summed E-state index contributed by atoms with van der Waals surface area (Å²) < 4.78 is 19.2. The van der Waals surface area contributed by atoms with Crippen molar-refractivity contribution in [2.75, 3.05) is 23.8 Å². The number of aryl methyl sites for hydroxylation is 4. The van der Waals surface area contributed by atoms with E-state index in [0.29, 0.717) is 82.5 Å². The Balaban J connectivity index is 0.00000237. The maximum atomic E-state index is 13.5. The summed E-state index contributed by atoms with van der Waals surface area (Å²) >= 11 is 0. The summed E-state index contributed by atoms with van der Waals surface area (Å²) in [4.78, 5) is 48.2. The van der Waals surface area contributed by atoms with Gasteiger partial charge in [0.1, 0.15) is 52.9 Å². The van der Waals surface area contributed by atoms with Crippen LogP contribution in [0.4, 0.5) is 11.9 Å². The van der Waals surface area contributed by atoms with Gasteiger partial charge in [0.2, 0.25) is 11.9 Å². The molecule has 2 aromatic carbocycles. The minimum absolute atomic E-state index is 0.00351. The molecule has 4 aromatic heterocycles. The van der Waals surface area contributed by atoms with Gasteiger partial charge in [0, 0.05) is 25.2 Å². The van der Waals surface area contributed by atoms with Gasteiger partial charge in [-0.15, -0.1) is 0 Å². The van der Waals surface area contributed by atoms with E-state index in [2.05, 4.69) is 30.8 Å². The minimum atomic E-state index is -1.11. The number of hydrogen-bond donors (Lipinski definition) is 4. The van der Waals surface area contributed by atoms with Crippen LogP contribution >= 0.6 is 0 Å². The fraction of sp³-hybridized carbons (Fsp3) is 0.359. The number of carboxylic acid groups (broad SMARTS) is 1. The maximum absolute atomic E-state index is 13.5. The van der Waals surface area contributed by atoms with Gasteiger partial charge < -0.3 is 19.7 Å². The van der Waals surface area contributed by atoms with Crippen LogP contribution in [-0.4, -0.2) is 79.9 Å². The summed E-state index contributed by atoms with van der Waals surface area (Å²) in [7, 11) is 0. The van der Waals surface area contributed by atoms with Crippen molar-refractivity contribution in [3.05, 3.63) is 76.9 Å². The first kappa shape index (κ1) is 37.7. The number of ether oxygens (including phenoxy) is 2. The number of allylic oxidation sites excluding steroid dienone is 2. The number of anilines is 2. The van der Waals surface area contributed by atoms with Crippen LogP contribution in [-0.2, 0) is 13.1 Å². The summed E-state index contributed by atoms with van der Waals surface area (Å²) in [6.45, 7) is 12.9. The van der Waals surface area contributed by atoms with Crippen LogP contribution in [0.1, 0.15) is 95.3 Å². The predicted octanol–water partition coefficient (Wildman–Crippen LogP) is 6.27. The first-order chi connectivity index (χ1) is 27.0. The van der Waals surface area contributed by atoms with Crippen molar-refractivity contribution < 1.29 is 34.1 Å². The lowest BCUT2D eigenvalue weighted by Crippen LogP contribution is -2.26.